The van der Waals surface area contributed by atoms with Crippen molar-refractivity contribution in [3.8, 4) is 0 Å². The van der Waals surface area contributed by atoms with Gasteiger partial charge in [-0.1, -0.05) is 0 Å². The molecule has 3 heterocycles. The van der Waals surface area contributed by atoms with Gasteiger partial charge in [0.1, 0.15) is 10.3 Å². The molecule has 0 aromatic rings. The van der Waals surface area contributed by atoms with E-state index < -0.39 is 17.0 Å². The average molecular weight is 410 g/mol. The molecule has 8 nitrogen and oxygen atoms in total. The van der Waals surface area contributed by atoms with Gasteiger partial charge in [-0.05, 0) is 60.5 Å². The summed E-state index contributed by atoms with van der Waals surface area (Å²) in [6.45, 7) is 12.5. The lowest BCUT2D eigenvalue weighted by Crippen LogP contribution is -2.68. The average Bonchev–Trinajstić information content (AvgIpc) is 3.00. The summed E-state index contributed by atoms with van der Waals surface area (Å²) in [5.41, 5.74) is 0.00931. The van der Waals surface area contributed by atoms with E-state index in [0.29, 0.717) is 25.9 Å². The molecule has 0 aliphatic carbocycles. The minimum atomic E-state index is -1.23. The van der Waals surface area contributed by atoms with E-state index in [1.165, 1.54) is 0 Å². The number of rotatable bonds is 2. The zero-order chi connectivity index (χ0) is 20.7. The van der Waals surface area contributed by atoms with E-state index in [0.717, 1.165) is 11.4 Å². The number of hydrogen-bond acceptors (Lipinski definition) is 7. The highest BCUT2D eigenvalue weighted by atomic mass is 32.2. The van der Waals surface area contributed by atoms with Crippen LogP contribution in [0.25, 0.3) is 0 Å². The second kappa shape index (κ2) is 7.35. The number of ether oxygens (including phenoxy) is 1. The van der Waals surface area contributed by atoms with Crippen molar-refractivity contribution in [2.75, 3.05) is 13.1 Å². The Morgan fingerprint density at radius 3 is 2.54 bits per heavy atom. The van der Waals surface area contributed by atoms with Crippen LogP contribution in [0.15, 0.2) is 21.9 Å². The number of carbonyl (C=O) groups excluding carboxylic acids is 1. The van der Waals surface area contributed by atoms with Crippen LogP contribution in [0.5, 0.6) is 0 Å². The van der Waals surface area contributed by atoms with E-state index in [-0.39, 0.29) is 22.4 Å². The molecule has 0 saturated carbocycles. The van der Waals surface area contributed by atoms with Crippen LogP contribution in [0.2, 0.25) is 0 Å². The first-order valence-electron chi connectivity index (χ1n) is 9.67. The molecule has 1 spiro atoms. The Bertz CT molecular complexity index is 712. The summed E-state index contributed by atoms with van der Waals surface area (Å²) in [5, 5.41) is 11.7. The smallest absolute Gasteiger partial charge is 0.410 e. The largest absolute Gasteiger partial charge is 0.598 e. The first-order valence-corrected chi connectivity index (χ1v) is 10.8. The van der Waals surface area contributed by atoms with E-state index in [1.807, 2.05) is 41.5 Å². The number of amides is 1. The molecule has 2 N–H and O–H groups in total. The molecule has 1 amide bonds. The van der Waals surface area contributed by atoms with E-state index in [9.17, 15) is 9.35 Å². The predicted molar refractivity (Wildman–Crippen MR) is 112 cm³/mol. The molecule has 1 fully saturated rings. The van der Waals surface area contributed by atoms with Crippen LogP contribution >= 0.6 is 0 Å². The van der Waals surface area contributed by atoms with Crippen LogP contribution < -0.4 is 10.0 Å². The van der Waals surface area contributed by atoms with Crippen LogP contribution in [0, 0.1) is 0 Å². The second-order valence-corrected chi connectivity index (χ2v) is 11.5. The van der Waals surface area contributed by atoms with Crippen LogP contribution in [-0.2, 0) is 16.1 Å². The highest BCUT2D eigenvalue weighted by Gasteiger charge is 2.48. The Morgan fingerprint density at radius 1 is 1.32 bits per heavy atom. The maximum atomic E-state index is 12.8. The van der Waals surface area contributed by atoms with Crippen molar-refractivity contribution in [1.82, 2.24) is 14.9 Å². The number of carbonyl (C=O) groups is 1. The fourth-order valence-electron chi connectivity index (χ4n) is 3.43. The van der Waals surface area contributed by atoms with Crippen molar-refractivity contribution >= 4 is 29.5 Å². The van der Waals surface area contributed by atoms with Gasteiger partial charge >= 0.3 is 6.09 Å². The molecule has 3 aliphatic rings. The Balaban J connectivity index is 1.76. The molecule has 0 aromatic carbocycles. The molecule has 3 rings (SSSR count). The third-order valence-corrected chi connectivity index (χ3v) is 6.61. The van der Waals surface area contributed by atoms with Gasteiger partial charge in [0.05, 0.1) is 17.8 Å². The third-order valence-electron chi connectivity index (χ3n) is 5.03. The van der Waals surface area contributed by atoms with Gasteiger partial charge in [-0.25, -0.2) is 4.79 Å². The van der Waals surface area contributed by atoms with Crippen molar-refractivity contribution < 1.29 is 14.1 Å². The van der Waals surface area contributed by atoms with Crippen molar-refractivity contribution in [2.24, 2.45) is 10.2 Å². The number of nitrogens with zero attached hydrogens (tertiary/aromatic N) is 3. The summed E-state index contributed by atoms with van der Waals surface area (Å²) in [6, 6.07) is -0.160. The molecule has 0 bridgehead atoms. The molecule has 156 valence electrons. The SMILES string of the molecule is CC(C)(C)OC(=O)N1CCC2(CC1)NC1=NN=CC1=C[C@H]2N[S@+]([O-])C(C)(C)C. The molecule has 0 radical (unpaired) electrons. The Labute approximate surface area is 170 Å². The molecule has 28 heavy (non-hydrogen) atoms. The fourth-order valence-corrected chi connectivity index (χ4v) is 4.31. The zero-order valence-corrected chi connectivity index (χ0v) is 18.4. The van der Waals surface area contributed by atoms with Crippen molar-refractivity contribution in [3.05, 3.63) is 11.6 Å². The molecule has 3 aliphatic heterocycles. The number of nitrogens with one attached hydrogen (secondary N) is 2. The third kappa shape index (κ3) is 4.52. The van der Waals surface area contributed by atoms with Crippen LogP contribution in [-0.4, -0.2) is 62.6 Å². The first-order chi connectivity index (χ1) is 12.9. The second-order valence-electron chi connectivity index (χ2n) is 9.54. The van der Waals surface area contributed by atoms with Crippen LogP contribution in [0.3, 0.4) is 0 Å². The number of hydrogen-bond donors (Lipinski definition) is 2. The molecule has 0 unspecified atom stereocenters. The summed E-state index contributed by atoms with van der Waals surface area (Å²) in [6.07, 6.45) is 4.85. The number of fused-ring (bicyclic) bond motifs is 1. The Hall–Kier alpha value is -1.58. The standard InChI is InChI=1S/C19H31N5O3S/c1-17(2,3)27-16(25)24-9-7-19(8-10-24)14(23-28(26)18(4,5)6)11-13-12-20-22-15(13)21-19/h11-12,14,23H,7-10H2,1-6H3,(H,21,22)/t14-,28-/m1/s1. The summed E-state index contributed by atoms with van der Waals surface area (Å²) < 4.78 is 21.2. The fraction of sp³-hybridized carbons (Fsp3) is 0.737. The van der Waals surface area contributed by atoms with Gasteiger partial charge in [0.2, 0.25) is 0 Å². The Kier molecular flexibility index (Phi) is 5.55. The maximum absolute atomic E-state index is 12.8. The predicted octanol–water partition coefficient (Wildman–Crippen LogP) is 2.10. The van der Waals surface area contributed by atoms with E-state index in [4.69, 9.17) is 4.74 Å². The topological polar surface area (TPSA) is 101 Å². The molecular weight excluding hydrogens is 378 g/mol. The molecule has 1 saturated heterocycles. The van der Waals surface area contributed by atoms with E-state index in [1.54, 1.807) is 11.1 Å². The number of amidine groups is 1. The quantitative estimate of drug-likeness (QED) is 0.680. The van der Waals surface area contributed by atoms with Gasteiger partial charge < -0.3 is 19.5 Å². The maximum Gasteiger partial charge on any atom is 0.410 e. The van der Waals surface area contributed by atoms with Crippen molar-refractivity contribution in [1.29, 1.82) is 0 Å². The lowest BCUT2D eigenvalue weighted by atomic mass is 9.78. The van der Waals surface area contributed by atoms with Gasteiger partial charge in [0, 0.05) is 30.0 Å². The lowest BCUT2D eigenvalue weighted by Gasteiger charge is -2.48. The highest BCUT2D eigenvalue weighted by molar-refractivity contribution is 7.90. The first kappa shape index (κ1) is 21.1. The monoisotopic (exact) mass is 409 g/mol. The van der Waals surface area contributed by atoms with Gasteiger partial charge in [-0.3, -0.25) is 0 Å². The normalized spacial score (nSPS) is 25.0. The summed E-state index contributed by atoms with van der Waals surface area (Å²) in [7, 11) is 0. The number of piperidine rings is 1. The van der Waals surface area contributed by atoms with E-state index >= 15 is 0 Å². The summed E-state index contributed by atoms with van der Waals surface area (Å²) in [5.74, 6) is 0.741. The minimum Gasteiger partial charge on any atom is -0.598 e. The summed E-state index contributed by atoms with van der Waals surface area (Å²) >= 11 is -1.23. The van der Waals surface area contributed by atoms with Gasteiger partial charge in [0.25, 0.3) is 0 Å². The number of likely N-dealkylation sites (tertiary alicyclic amines) is 1. The molecule has 2 atom stereocenters. The molecule has 0 aromatic heterocycles. The van der Waals surface area contributed by atoms with Crippen molar-refractivity contribution in [2.45, 2.75) is 76.3 Å². The van der Waals surface area contributed by atoms with Gasteiger partial charge in [0.15, 0.2) is 5.84 Å². The van der Waals surface area contributed by atoms with Crippen molar-refractivity contribution in [3.63, 3.8) is 0 Å². The minimum absolute atomic E-state index is 0.160. The van der Waals surface area contributed by atoms with Crippen LogP contribution in [0.4, 0.5) is 4.79 Å². The lowest BCUT2D eigenvalue weighted by molar-refractivity contribution is 0.0146. The van der Waals surface area contributed by atoms with Crippen LogP contribution in [0.1, 0.15) is 54.4 Å². The van der Waals surface area contributed by atoms with E-state index in [2.05, 4.69) is 26.3 Å². The molecular formula is C19H31N5O3S. The van der Waals surface area contributed by atoms with Gasteiger partial charge in [-0.15, -0.1) is 9.82 Å². The van der Waals surface area contributed by atoms with Gasteiger partial charge in [-0.2, -0.15) is 5.10 Å². The zero-order valence-electron chi connectivity index (χ0n) is 17.5. The summed E-state index contributed by atoms with van der Waals surface area (Å²) in [4.78, 5) is 14.2. The highest BCUT2D eigenvalue weighted by Crippen LogP contribution is 2.33. The molecule has 9 heteroatoms. The Morgan fingerprint density at radius 2 is 1.96 bits per heavy atom.